The number of ketones is 1. The van der Waals surface area contributed by atoms with Crippen molar-refractivity contribution >= 4 is 33.3 Å². The number of rotatable bonds is 2. The van der Waals surface area contributed by atoms with E-state index in [1.165, 1.54) is 19.1 Å². The number of benzene rings is 1. The molecule has 3 nitrogen and oxygen atoms in total. The summed E-state index contributed by atoms with van der Waals surface area (Å²) in [4.78, 5) is 11.3. The monoisotopic (exact) mass is 256 g/mol. The van der Waals surface area contributed by atoms with Gasteiger partial charge in [0.2, 0.25) is 9.84 Å². The lowest BCUT2D eigenvalue weighted by Crippen LogP contribution is -2.04. The fourth-order valence-corrected chi connectivity index (χ4v) is 3.56. The zero-order chi connectivity index (χ0) is 11.9. The van der Waals surface area contributed by atoms with Crippen molar-refractivity contribution in [3.05, 3.63) is 33.7 Å². The molecule has 0 amide bonds. The number of halogens is 1. The maximum absolute atomic E-state index is 12.0. The fourth-order valence-electron chi connectivity index (χ4n) is 1.64. The lowest BCUT2D eigenvalue weighted by Gasteiger charge is -2.01. The Morgan fingerprint density at radius 2 is 2.06 bits per heavy atom. The largest absolute Gasteiger partial charge is 0.300 e. The number of sulfone groups is 1. The van der Waals surface area contributed by atoms with Crippen molar-refractivity contribution in [2.24, 2.45) is 0 Å². The summed E-state index contributed by atoms with van der Waals surface area (Å²) in [5, 5.41) is 0.375. The summed E-state index contributed by atoms with van der Waals surface area (Å²) in [5.41, 5.74) is 0.598. The van der Waals surface area contributed by atoms with Gasteiger partial charge in [0.25, 0.3) is 0 Å². The van der Waals surface area contributed by atoms with E-state index in [0.29, 0.717) is 10.6 Å². The Bertz CT molecular complexity index is 600. The summed E-state index contributed by atoms with van der Waals surface area (Å²) in [6.07, 6.45) is 1.47. The Labute approximate surface area is 98.7 Å². The molecule has 1 aromatic rings. The first kappa shape index (κ1) is 11.4. The molecule has 0 N–H and O–H groups in total. The Morgan fingerprint density at radius 1 is 1.38 bits per heavy atom. The van der Waals surface area contributed by atoms with E-state index in [4.69, 9.17) is 11.6 Å². The summed E-state index contributed by atoms with van der Waals surface area (Å²) < 4.78 is 24.0. The van der Waals surface area contributed by atoms with Gasteiger partial charge in [-0.3, -0.25) is 4.79 Å². The van der Waals surface area contributed by atoms with Gasteiger partial charge in [-0.1, -0.05) is 17.7 Å². The molecule has 0 unspecified atom stereocenters. The first-order chi connectivity index (χ1) is 7.41. The smallest absolute Gasteiger partial charge is 0.203 e. The van der Waals surface area contributed by atoms with Gasteiger partial charge in [-0.2, -0.15) is 0 Å². The molecule has 0 bridgehead atoms. The van der Waals surface area contributed by atoms with Crippen LogP contribution in [0.25, 0.3) is 6.08 Å². The van der Waals surface area contributed by atoms with Crippen molar-refractivity contribution in [2.75, 3.05) is 0 Å². The minimum atomic E-state index is -3.51. The standard InChI is InChI=1S/C11H9ClO3S/c1-7(13)4-10-5-8-2-3-9(12)6-11(8)16(10,14)15/h2-3,5-6H,4H2,1H3. The zero-order valence-corrected chi connectivity index (χ0v) is 10.1. The normalized spacial score (nSPS) is 16.8. The molecule has 84 valence electrons. The van der Waals surface area contributed by atoms with Crippen molar-refractivity contribution in [2.45, 2.75) is 18.2 Å². The maximum atomic E-state index is 12.0. The fraction of sp³-hybridized carbons (Fsp3) is 0.182. The van der Waals surface area contributed by atoms with E-state index >= 15 is 0 Å². The predicted molar refractivity (Wildman–Crippen MR) is 61.9 cm³/mol. The Balaban J connectivity index is 2.56. The molecule has 0 saturated carbocycles. The van der Waals surface area contributed by atoms with E-state index in [1.807, 2.05) is 0 Å². The molecule has 0 fully saturated rings. The van der Waals surface area contributed by atoms with Crippen molar-refractivity contribution in [1.82, 2.24) is 0 Å². The molecule has 0 saturated heterocycles. The first-order valence-electron chi connectivity index (χ1n) is 4.66. The van der Waals surface area contributed by atoms with Gasteiger partial charge in [-0.25, -0.2) is 8.42 Å². The number of hydrogen-bond acceptors (Lipinski definition) is 3. The number of fused-ring (bicyclic) bond motifs is 1. The summed E-state index contributed by atoms with van der Waals surface area (Å²) in [7, 11) is -3.51. The molecule has 1 heterocycles. The molecule has 0 spiro atoms. The quantitative estimate of drug-likeness (QED) is 0.817. The molecule has 0 atom stereocenters. The van der Waals surface area contributed by atoms with Crippen LogP contribution in [0.1, 0.15) is 18.9 Å². The van der Waals surface area contributed by atoms with Crippen LogP contribution in [-0.4, -0.2) is 14.2 Å². The second-order valence-electron chi connectivity index (χ2n) is 3.68. The van der Waals surface area contributed by atoms with Gasteiger partial charge in [0, 0.05) is 11.4 Å². The molecular formula is C11H9ClO3S. The van der Waals surface area contributed by atoms with Crippen LogP contribution >= 0.6 is 11.6 Å². The van der Waals surface area contributed by atoms with E-state index < -0.39 is 9.84 Å². The summed E-state index contributed by atoms with van der Waals surface area (Å²) in [5.74, 6) is -0.172. The Morgan fingerprint density at radius 3 is 2.69 bits per heavy atom. The summed E-state index contributed by atoms with van der Waals surface area (Å²) in [6.45, 7) is 1.37. The molecule has 0 aromatic heterocycles. The van der Waals surface area contributed by atoms with Crippen molar-refractivity contribution in [3.63, 3.8) is 0 Å². The van der Waals surface area contributed by atoms with Gasteiger partial charge >= 0.3 is 0 Å². The average Bonchev–Trinajstić information content (AvgIpc) is 2.40. The molecule has 1 aromatic carbocycles. The molecule has 1 aliphatic heterocycles. The minimum Gasteiger partial charge on any atom is -0.300 e. The van der Waals surface area contributed by atoms with Gasteiger partial charge in [-0.05, 0) is 30.7 Å². The van der Waals surface area contributed by atoms with Crippen LogP contribution in [0.4, 0.5) is 0 Å². The van der Waals surface area contributed by atoms with Crippen LogP contribution in [0, 0.1) is 0 Å². The van der Waals surface area contributed by atoms with Crippen molar-refractivity contribution < 1.29 is 13.2 Å². The Hall–Kier alpha value is -1.13. The number of carbonyl (C=O) groups excluding carboxylic acids is 1. The van der Waals surface area contributed by atoms with Crippen LogP contribution in [-0.2, 0) is 14.6 Å². The second-order valence-corrected chi connectivity index (χ2v) is 6.08. The molecule has 0 aliphatic carbocycles. The van der Waals surface area contributed by atoms with Gasteiger partial charge in [-0.15, -0.1) is 0 Å². The first-order valence-corrected chi connectivity index (χ1v) is 6.52. The third-order valence-corrected chi connectivity index (χ3v) is 4.47. The highest BCUT2D eigenvalue weighted by Gasteiger charge is 2.30. The third kappa shape index (κ3) is 1.79. The van der Waals surface area contributed by atoms with E-state index in [-0.39, 0.29) is 22.0 Å². The molecule has 1 aliphatic rings. The lowest BCUT2D eigenvalue weighted by atomic mass is 10.2. The van der Waals surface area contributed by atoms with Crippen LogP contribution in [0.15, 0.2) is 28.0 Å². The maximum Gasteiger partial charge on any atom is 0.203 e. The zero-order valence-electron chi connectivity index (χ0n) is 8.53. The average molecular weight is 257 g/mol. The predicted octanol–water partition coefficient (Wildman–Crippen LogP) is 2.45. The van der Waals surface area contributed by atoms with Crippen molar-refractivity contribution in [3.8, 4) is 0 Å². The SMILES string of the molecule is CC(=O)CC1=Cc2ccc(Cl)cc2S1(=O)=O. The summed E-state index contributed by atoms with van der Waals surface area (Å²) >= 11 is 5.75. The molecular weight excluding hydrogens is 248 g/mol. The number of carbonyl (C=O) groups is 1. The molecule has 2 rings (SSSR count). The van der Waals surface area contributed by atoms with E-state index in [0.717, 1.165) is 0 Å². The molecule has 16 heavy (non-hydrogen) atoms. The van der Waals surface area contributed by atoms with E-state index in [9.17, 15) is 13.2 Å². The lowest BCUT2D eigenvalue weighted by molar-refractivity contribution is -0.116. The van der Waals surface area contributed by atoms with Crippen LogP contribution in [0.5, 0.6) is 0 Å². The number of hydrogen-bond donors (Lipinski definition) is 0. The molecule has 5 heteroatoms. The highest BCUT2D eigenvalue weighted by atomic mass is 35.5. The van der Waals surface area contributed by atoms with Gasteiger partial charge in [0.15, 0.2) is 0 Å². The number of Topliss-reactive ketones (excluding diaryl/α,β-unsaturated/α-hetero) is 1. The van der Waals surface area contributed by atoms with Gasteiger partial charge < -0.3 is 0 Å². The van der Waals surface area contributed by atoms with Crippen LogP contribution < -0.4 is 0 Å². The Kier molecular flexibility index (Phi) is 2.64. The van der Waals surface area contributed by atoms with E-state index in [2.05, 4.69) is 0 Å². The highest BCUT2D eigenvalue weighted by molar-refractivity contribution is 7.95. The minimum absolute atomic E-state index is 0.0609. The van der Waals surface area contributed by atoms with Crippen LogP contribution in [0.2, 0.25) is 5.02 Å². The summed E-state index contributed by atoms with van der Waals surface area (Å²) in [6, 6.07) is 4.68. The topological polar surface area (TPSA) is 51.2 Å². The second kappa shape index (κ2) is 3.71. The highest BCUT2D eigenvalue weighted by Crippen LogP contribution is 2.35. The van der Waals surface area contributed by atoms with Gasteiger partial charge in [0.05, 0.1) is 9.80 Å². The number of allylic oxidation sites excluding steroid dienone is 1. The van der Waals surface area contributed by atoms with Crippen molar-refractivity contribution in [1.29, 1.82) is 0 Å². The molecule has 0 radical (unpaired) electrons. The van der Waals surface area contributed by atoms with E-state index in [1.54, 1.807) is 12.1 Å². The third-order valence-electron chi connectivity index (χ3n) is 2.35. The van der Waals surface area contributed by atoms with Gasteiger partial charge in [0.1, 0.15) is 5.78 Å². The van der Waals surface area contributed by atoms with Crippen LogP contribution in [0.3, 0.4) is 0 Å².